The quantitative estimate of drug-likeness (QED) is 0.770. The Labute approximate surface area is 95.1 Å². The van der Waals surface area contributed by atoms with Crippen molar-refractivity contribution in [1.29, 1.82) is 5.26 Å². The van der Waals surface area contributed by atoms with Crippen LogP contribution in [0.15, 0.2) is 18.3 Å². The van der Waals surface area contributed by atoms with E-state index in [0.717, 1.165) is 25.3 Å². The summed E-state index contributed by atoms with van der Waals surface area (Å²) in [4.78, 5) is 6.29. The maximum absolute atomic E-state index is 8.90. The summed E-state index contributed by atoms with van der Waals surface area (Å²) in [5.74, 6) is 0.767. The molecule has 0 unspecified atom stereocenters. The fraction of sp³-hybridized carbons (Fsp3) is 0.400. The molecule has 1 saturated heterocycles. The second-order valence-corrected chi connectivity index (χ2v) is 3.48. The topological polar surface area (TPSA) is 65.9 Å². The van der Waals surface area contributed by atoms with Crippen LogP contribution in [-0.4, -0.2) is 24.1 Å². The molecule has 0 amide bonds. The fourth-order valence-electron chi connectivity index (χ4n) is 1.72. The number of aromatic nitrogens is 1. The molecule has 2 heterocycles. The van der Waals surface area contributed by atoms with Gasteiger partial charge in [0.25, 0.3) is 0 Å². The second-order valence-electron chi connectivity index (χ2n) is 3.48. The van der Waals surface area contributed by atoms with Crippen LogP contribution in [0.25, 0.3) is 0 Å². The summed E-state index contributed by atoms with van der Waals surface area (Å²) in [6, 6.07) is 5.91. The molecule has 2 N–H and O–H groups in total. The molecule has 1 aliphatic heterocycles. The van der Waals surface area contributed by atoms with Gasteiger partial charge in [-0.25, -0.2) is 4.98 Å². The molecule has 1 aliphatic rings. The SMILES string of the molecule is Cl.N#Cc1cccnc1N1CC[C@H](N)C1. The van der Waals surface area contributed by atoms with Gasteiger partial charge in [0.05, 0.1) is 5.56 Å². The molecule has 1 atom stereocenters. The van der Waals surface area contributed by atoms with E-state index in [1.807, 2.05) is 0 Å². The summed E-state index contributed by atoms with van der Waals surface area (Å²) in [5, 5.41) is 8.90. The van der Waals surface area contributed by atoms with E-state index in [1.165, 1.54) is 0 Å². The van der Waals surface area contributed by atoms with Crippen molar-refractivity contribution in [2.24, 2.45) is 5.73 Å². The number of rotatable bonds is 1. The van der Waals surface area contributed by atoms with Crippen molar-refractivity contribution in [3.63, 3.8) is 0 Å². The van der Waals surface area contributed by atoms with E-state index in [-0.39, 0.29) is 18.4 Å². The van der Waals surface area contributed by atoms with Crippen LogP contribution in [0.5, 0.6) is 0 Å². The highest BCUT2D eigenvalue weighted by Crippen LogP contribution is 2.20. The van der Waals surface area contributed by atoms with Gasteiger partial charge in [-0.1, -0.05) is 0 Å². The lowest BCUT2D eigenvalue weighted by atomic mass is 10.2. The molecule has 0 spiro atoms. The predicted molar refractivity (Wildman–Crippen MR) is 61.0 cm³/mol. The number of halogens is 1. The molecule has 2 rings (SSSR count). The minimum absolute atomic E-state index is 0. The zero-order chi connectivity index (χ0) is 9.97. The Kier molecular flexibility index (Phi) is 3.89. The summed E-state index contributed by atoms with van der Waals surface area (Å²) in [7, 11) is 0. The van der Waals surface area contributed by atoms with E-state index in [9.17, 15) is 0 Å². The van der Waals surface area contributed by atoms with Crippen molar-refractivity contribution >= 4 is 18.2 Å². The molecule has 5 heteroatoms. The van der Waals surface area contributed by atoms with Crippen molar-refractivity contribution in [1.82, 2.24) is 4.98 Å². The van der Waals surface area contributed by atoms with Crippen LogP contribution >= 0.6 is 12.4 Å². The Bertz CT molecular complexity index is 374. The van der Waals surface area contributed by atoms with Gasteiger partial charge in [0.15, 0.2) is 0 Å². The molecule has 0 aromatic carbocycles. The van der Waals surface area contributed by atoms with Crippen molar-refractivity contribution in [2.75, 3.05) is 18.0 Å². The molecule has 4 nitrogen and oxygen atoms in total. The third-order valence-corrected chi connectivity index (χ3v) is 2.43. The maximum atomic E-state index is 8.90. The van der Waals surface area contributed by atoms with E-state index >= 15 is 0 Å². The number of nitriles is 1. The standard InChI is InChI=1S/C10H12N4.ClH/c11-6-8-2-1-4-13-10(8)14-5-3-9(12)7-14;/h1-2,4,9H,3,5,7,12H2;1H/t9-;/m0./s1. The zero-order valence-corrected chi connectivity index (χ0v) is 9.07. The van der Waals surface area contributed by atoms with Crippen LogP contribution in [-0.2, 0) is 0 Å². The van der Waals surface area contributed by atoms with Gasteiger partial charge in [0, 0.05) is 25.3 Å². The molecule has 0 radical (unpaired) electrons. The van der Waals surface area contributed by atoms with Crippen molar-refractivity contribution < 1.29 is 0 Å². The highest BCUT2D eigenvalue weighted by molar-refractivity contribution is 5.85. The van der Waals surface area contributed by atoms with Crippen LogP contribution in [0.1, 0.15) is 12.0 Å². The average Bonchev–Trinajstić information content (AvgIpc) is 2.65. The third-order valence-electron chi connectivity index (χ3n) is 2.43. The predicted octanol–water partition coefficient (Wildman–Crippen LogP) is 0.912. The normalized spacial score (nSPS) is 19.5. The van der Waals surface area contributed by atoms with Gasteiger partial charge in [0.1, 0.15) is 11.9 Å². The zero-order valence-electron chi connectivity index (χ0n) is 8.26. The third kappa shape index (κ3) is 2.38. The molecule has 80 valence electrons. The summed E-state index contributed by atoms with van der Waals surface area (Å²) in [6.45, 7) is 1.69. The number of hydrogen-bond donors (Lipinski definition) is 1. The lowest BCUT2D eigenvalue weighted by molar-refractivity contribution is 0.751. The van der Waals surface area contributed by atoms with Crippen LogP contribution in [0.2, 0.25) is 0 Å². The van der Waals surface area contributed by atoms with Crippen molar-refractivity contribution in [2.45, 2.75) is 12.5 Å². The van der Waals surface area contributed by atoms with E-state index in [0.29, 0.717) is 5.56 Å². The Balaban J connectivity index is 0.00000112. The Morgan fingerprint density at radius 3 is 3.00 bits per heavy atom. The van der Waals surface area contributed by atoms with Gasteiger partial charge >= 0.3 is 0 Å². The van der Waals surface area contributed by atoms with Crippen LogP contribution < -0.4 is 10.6 Å². The Hall–Kier alpha value is -1.31. The highest BCUT2D eigenvalue weighted by Gasteiger charge is 2.21. The largest absolute Gasteiger partial charge is 0.354 e. The lowest BCUT2D eigenvalue weighted by Crippen LogP contribution is -2.27. The van der Waals surface area contributed by atoms with Gasteiger partial charge in [0.2, 0.25) is 0 Å². The minimum atomic E-state index is 0. The number of nitrogens with zero attached hydrogens (tertiary/aromatic N) is 3. The second kappa shape index (κ2) is 4.96. The summed E-state index contributed by atoms with van der Waals surface area (Å²) < 4.78 is 0. The minimum Gasteiger partial charge on any atom is -0.354 e. The molecule has 0 aliphatic carbocycles. The summed E-state index contributed by atoms with van der Waals surface area (Å²) in [6.07, 6.45) is 2.68. The van der Waals surface area contributed by atoms with Gasteiger partial charge < -0.3 is 10.6 Å². The van der Waals surface area contributed by atoms with Gasteiger partial charge in [-0.2, -0.15) is 5.26 Å². The fourth-order valence-corrected chi connectivity index (χ4v) is 1.72. The smallest absolute Gasteiger partial charge is 0.146 e. The molecule has 1 aromatic heterocycles. The number of hydrogen-bond acceptors (Lipinski definition) is 4. The summed E-state index contributed by atoms with van der Waals surface area (Å²) in [5.41, 5.74) is 6.43. The first-order valence-corrected chi connectivity index (χ1v) is 4.67. The number of anilines is 1. The van der Waals surface area contributed by atoms with Crippen LogP contribution in [0.4, 0.5) is 5.82 Å². The molecule has 1 fully saturated rings. The van der Waals surface area contributed by atoms with E-state index in [4.69, 9.17) is 11.0 Å². The van der Waals surface area contributed by atoms with E-state index in [1.54, 1.807) is 18.3 Å². The molecule has 1 aromatic rings. The maximum Gasteiger partial charge on any atom is 0.146 e. The van der Waals surface area contributed by atoms with Gasteiger partial charge in [-0.15, -0.1) is 12.4 Å². The number of nitrogens with two attached hydrogens (primary N) is 1. The first-order chi connectivity index (χ1) is 6.81. The first kappa shape index (κ1) is 11.8. The molecular weight excluding hydrogens is 212 g/mol. The number of pyridine rings is 1. The van der Waals surface area contributed by atoms with E-state index in [2.05, 4.69) is 16.0 Å². The molecule has 0 bridgehead atoms. The monoisotopic (exact) mass is 224 g/mol. The highest BCUT2D eigenvalue weighted by atomic mass is 35.5. The van der Waals surface area contributed by atoms with Gasteiger partial charge in [-0.05, 0) is 18.6 Å². The molecule has 15 heavy (non-hydrogen) atoms. The molecular formula is C10H13ClN4. The molecule has 0 saturated carbocycles. The Morgan fingerprint density at radius 2 is 2.40 bits per heavy atom. The van der Waals surface area contributed by atoms with Gasteiger partial charge in [-0.3, -0.25) is 0 Å². The Morgan fingerprint density at radius 1 is 1.60 bits per heavy atom. The lowest BCUT2D eigenvalue weighted by Gasteiger charge is -2.17. The first-order valence-electron chi connectivity index (χ1n) is 4.67. The van der Waals surface area contributed by atoms with Crippen LogP contribution in [0, 0.1) is 11.3 Å². The van der Waals surface area contributed by atoms with Crippen LogP contribution in [0.3, 0.4) is 0 Å². The van der Waals surface area contributed by atoms with Crippen molar-refractivity contribution in [3.8, 4) is 6.07 Å². The average molecular weight is 225 g/mol. The summed E-state index contributed by atoms with van der Waals surface area (Å²) >= 11 is 0. The van der Waals surface area contributed by atoms with Crippen molar-refractivity contribution in [3.05, 3.63) is 23.9 Å². The van der Waals surface area contributed by atoms with E-state index < -0.39 is 0 Å².